The SMILES string of the molecule is CN(Cc1ccc(C(=O)NCC(F)(F)F)cc1)C(=O)Cc1ccccc1F. The molecule has 4 nitrogen and oxygen atoms in total. The zero-order valence-corrected chi connectivity index (χ0v) is 14.5. The third kappa shape index (κ3) is 6.40. The Hall–Kier alpha value is -2.90. The van der Waals surface area contributed by atoms with Crippen molar-refractivity contribution in [2.24, 2.45) is 0 Å². The number of carbonyl (C=O) groups is 2. The van der Waals surface area contributed by atoms with E-state index in [1.165, 1.54) is 29.2 Å². The van der Waals surface area contributed by atoms with Gasteiger partial charge in [0.25, 0.3) is 5.91 Å². The standard InChI is InChI=1S/C19H18F4N2O2/c1-25(17(26)10-15-4-2-3-5-16(15)20)11-13-6-8-14(9-7-13)18(27)24-12-19(21,22)23/h2-9H,10-12H2,1H3,(H,24,27). The minimum atomic E-state index is -4.48. The molecule has 0 saturated carbocycles. The summed E-state index contributed by atoms with van der Waals surface area (Å²) in [6.45, 7) is -1.18. The summed E-state index contributed by atoms with van der Waals surface area (Å²) in [6.07, 6.45) is -4.56. The van der Waals surface area contributed by atoms with Crippen LogP contribution in [0, 0.1) is 5.82 Å². The number of carbonyl (C=O) groups excluding carboxylic acids is 2. The van der Waals surface area contributed by atoms with Gasteiger partial charge in [0, 0.05) is 19.2 Å². The molecular weight excluding hydrogens is 364 g/mol. The first-order valence-corrected chi connectivity index (χ1v) is 8.07. The molecule has 2 aromatic carbocycles. The van der Waals surface area contributed by atoms with Crippen molar-refractivity contribution in [3.8, 4) is 0 Å². The molecule has 0 aliphatic rings. The minimum absolute atomic E-state index is 0.0822. The highest BCUT2D eigenvalue weighted by Gasteiger charge is 2.27. The average Bonchev–Trinajstić information content (AvgIpc) is 2.61. The summed E-state index contributed by atoms with van der Waals surface area (Å²) >= 11 is 0. The molecular formula is C19H18F4N2O2. The molecule has 144 valence electrons. The lowest BCUT2D eigenvalue weighted by molar-refractivity contribution is -0.129. The Balaban J connectivity index is 1.92. The first-order chi connectivity index (χ1) is 12.7. The van der Waals surface area contributed by atoms with Crippen LogP contribution in [0.1, 0.15) is 21.5 Å². The minimum Gasteiger partial charge on any atom is -0.343 e. The zero-order valence-electron chi connectivity index (χ0n) is 14.5. The van der Waals surface area contributed by atoms with Crippen LogP contribution in [-0.4, -0.2) is 36.5 Å². The van der Waals surface area contributed by atoms with Gasteiger partial charge in [-0.3, -0.25) is 9.59 Å². The van der Waals surface area contributed by atoms with Crippen molar-refractivity contribution in [1.82, 2.24) is 10.2 Å². The van der Waals surface area contributed by atoms with Gasteiger partial charge in [-0.25, -0.2) is 4.39 Å². The fourth-order valence-corrected chi connectivity index (χ4v) is 2.35. The van der Waals surface area contributed by atoms with Crippen LogP contribution >= 0.6 is 0 Å². The second-order valence-electron chi connectivity index (χ2n) is 6.01. The van der Waals surface area contributed by atoms with Crippen molar-refractivity contribution >= 4 is 11.8 Å². The van der Waals surface area contributed by atoms with E-state index in [0.717, 1.165) is 0 Å². The molecule has 8 heteroatoms. The van der Waals surface area contributed by atoms with Crippen LogP contribution < -0.4 is 5.32 Å². The summed E-state index contributed by atoms with van der Waals surface area (Å²) < 4.78 is 50.0. The molecule has 0 bridgehead atoms. The number of hydrogen-bond acceptors (Lipinski definition) is 2. The first-order valence-electron chi connectivity index (χ1n) is 8.07. The molecule has 0 spiro atoms. The first kappa shape index (κ1) is 20.4. The topological polar surface area (TPSA) is 49.4 Å². The summed E-state index contributed by atoms with van der Waals surface area (Å²) in [5.74, 6) is -1.57. The molecule has 1 N–H and O–H groups in total. The van der Waals surface area contributed by atoms with E-state index in [4.69, 9.17) is 0 Å². The molecule has 27 heavy (non-hydrogen) atoms. The quantitative estimate of drug-likeness (QED) is 0.780. The summed E-state index contributed by atoms with van der Waals surface area (Å²) in [7, 11) is 1.56. The van der Waals surface area contributed by atoms with E-state index in [1.54, 1.807) is 36.6 Å². The molecule has 2 rings (SSSR count). The van der Waals surface area contributed by atoms with Gasteiger partial charge in [-0.05, 0) is 29.3 Å². The Labute approximate surface area is 153 Å². The van der Waals surface area contributed by atoms with Crippen molar-refractivity contribution in [1.29, 1.82) is 0 Å². The van der Waals surface area contributed by atoms with Gasteiger partial charge < -0.3 is 10.2 Å². The second kappa shape index (κ2) is 8.66. The van der Waals surface area contributed by atoms with Gasteiger partial charge in [-0.2, -0.15) is 13.2 Å². The molecule has 0 fully saturated rings. The number of rotatable bonds is 6. The summed E-state index contributed by atoms with van der Waals surface area (Å²) in [5.41, 5.74) is 1.07. The predicted octanol–water partition coefficient (Wildman–Crippen LogP) is 3.32. The number of amides is 2. The number of alkyl halides is 3. The maximum atomic E-state index is 13.6. The summed E-state index contributed by atoms with van der Waals surface area (Å²) in [4.78, 5) is 25.3. The lowest BCUT2D eigenvalue weighted by Crippen LogP contribution is -2.33. The van der Waals surface area contributed by atoms with Crippen molar-refractivity contribution in [3.63, 3.8) is 0 Å². The molecule has 0 heterocycles. The molecule has 0 aliphatic carbocycles. The Kier molecular flexibility index (Phi) is 6.55. The van der Waals surface area contributed by atoms with E-state index < -0.39 is 24.4 Å². The van der Waals surface area contributed by atoms with Crippen LogP contribution in [0.3, 0.4) is 0 Å². The fourth-order valence-electron chi connectivity index (χ4n) is 2.35. The van der Waals surface area contributed by atoms with E-state index in [-0.39, 0.29) is 24.4 Å². The fraction of sp³-hybridized carbons (Fsp3) is 0.263. The third-order valence-corrected chi connectivity index (χ3v) is 3.81. The normalized spacial score (nSPS) is 11.1. The van der Waals surface area contributed by atoms with Crippen molar-refractivity contribution in [3.05, 3.63) is 71.0 Å². The van der Waals surface area contributed by atoms with Gasteiger partial charge in [-0.1, -0.05) is 30.3 Å². The van der Waals surface area contributed by atoms with E-state index in [0.29, 0.717) is 11.1 Å². The monoisotopic (exact) mass is 382 g/mol. The predicted molar refractivity (Wildman–Crippen MR) is 91.4 cm³/mol. The number of nitrogens with zero attached hydrogens (tertiary/aromatic N) is 1. The van der Waals surface area contributed by atoms with Crippen molar-refractivity contribution < 1.29 is 27.2 Å². The van der Waals surface area contributed by atoms with E-state index >= 15 is 0 Å². The Morgan fingerprint density at radius 3 is 2.26 bits per heavy atom. The Bertz CT molecular complexity index is 804. The Morgan fingerprint density at radius 2 is 1.67 bits per heavy atom. The van der Waals surface area contributed by atoms with Gasteiger partial charge in [0.2, 0.25) is 5.91 Å². The zero-order chi connectivity index (χ0) is 20.0. The molecule has 0 aromatic heterocycles. The van der Waals surface area contributed by atoms with Crippen LogP contribution in [0.5, 0.6) is 0 Å². The van der Waals surface area contributed by atoms with E-state index in [1.807, 2.05) is 0 Å². The van der Waals surface area contributed by atoms with Crippen molar-refractivity contribution in [2.75, 3.05) is 13.6 Å². The van der Waals surface area contributed by atoms with Crippen LogP contribution in [0.15, 0.2) is 48.5 Å². The van der Waals surface area contributed by atoms with Crippen molar-refractivity contribution in [2.45, 2.75) is 19.1 Å². The number of nitrogens with one attached hydrogen (secondary N) is 1. The lowest BCUT2D eigenvalue weighted by Gasteiger charge is -2.18. The highest BCUT2D eigenvalue weighted by Crippen LogP contribution is 2.14. The summed E-state index contributed by atoms with van der Waals surface area (Å²) in [5, 5.41) is 1.79. The molecule has 2 aromatic rings. The van der Waals surface area contributed by atoms with Crippen LogP contribution in [0.2, 0.25) is 0 Å². The lowest BCUT2D eigenvalue weighted by atomic mass is 10.1. The van der Waals surface area contributed by atoms with Crippen LogP contribution in [0.4, 0.5) is 17.6 Å². The average molecular weight is 382 g/mol. The van der Waals surface area contributed by atoms with Gasteiger partial charge in [-0.15, -0.1) is 0 Å². The third-order valence-electron chi connectivity index (χ3n) is 3.81. The molecule has 0 atom stereocenters. The molecule has 0 aliphatic heterocycles. The molecule has 2 amide bonds. The van der Waals surface area contributed by atoms with E-state index in [9.17, 15) is 27.2 Å². The number of halogens is 4. The van der Waals surface area contributed by atoms with Gasteiger partial charge in [0.15, 0.2) is 0 Å². The summed E-state index contributed by atoms with van der Waals surface area (Å²) in [6, 6.07) is 11.9. The van der Waals surface area contributed by atoms with Gasteiger partial charge >= 0.3 is 6.18 Å². The Morgan fingerprint density at radius 1 is 1.04 bits per heavy atom. The second-order valence-corrected chi connectivity index (χ2v) is 6.01. The van der Waals surface area contributed by atoms with Gasteiger partial charge in [0.1, 0.15) is 12.4 Å². The van der Waals surface area contributed by atoms with E-state index in [2.05, 4.69) is 0 Å². The molecule has 0 saturated heterocycles. The van der Waals surface area contributed by atoms with Gasteiger partial charge in [0.05, 0.1) is 6.42 Å². The van der Waals surface area contributed by atoms with Crippen LogP contribution in [0.25, 0.3) is 0 Å². The molecule has 0 radical (unpaired) electrons. The smallest absolute Gasteiger partial charge is 0.343 e. The van der Waals surface area contributed by atoms with Crippen LogP contribution in [-0.2, 0) is 17.8 Å². The number of benzene rings is 2. The largest absolute Gasteiger partial charge is 0.405 e. The number of likely N-dealkylation sites (N-methyl/N-ethyl adjacent to an activating group) is 1. The highest BCUT2D eigenvalue weighted by atomic mass is 19.4. The highest BCUT2D eigenvalue weighted by molar-refractivity contribution is 5.94. The number of hydrogen-bond donors (Lipinski definition) is 1. The maximum absolute atomic E-state index is 13.6. The maximum Gasteiger partial charge on any atom is 0.405 e. The molecule has 0 unspecified atom stereocenters.